The molecule has 0 spiro atoms. The molecule has 30 heavy (non-hydrogen) atoms. The number of thioether (sulfide) groups is 1. The van der Waals surface area contributed by atoms with E-state index < -0.39 is 0 Å². The number of hydrogen-bond donors (Lipinski definition) is 1. The van der Waals surface area contributed by atoms with Gasteiger partial charge in [0.25, 0.3) is 0 Å². The summed E-state index contributed by atoms with van der Waals surface area (Å²) in [4.78, 5) is 12.3. The van der Waals surface area contributed by atoms with Crippen molar-refractivity contribution in [2.45, 2.75) is 24.7 Å². The maximum Gasteiger partial charge on any atom is 0.234 e. The first-order valence-electron chi connectivity index (χ1n) is 9.11. The minimum Gasteiger partial charge on any atom is -0.483 e. The van der Waals surface area contributed by atoms with Gasteiger partial charge in [-0.05, 0) is 37.3 Å². The third kappa shape index (κ3) is 5.78. The van der Waals surface area contributed by atoms with Gasteiger partial charge >= 0.3 is 0 Å². The number of carbonyl (C=O) groups is 1. The van der Waals surface area contributed by atoms with Crippen molar-refractivity contribution in [3.63, 3.8) is 0 Å². The molecule has 1 aromatic heterocycles. The lowest BCUT2D eigenvalue weighted by Gasteiger charge is -2.15. The summed E-state index contributed by atoms with van der Waals surface area (Å²) in [7, 11) is 0. The maximum atomic E-state index is 12.3. The van der Waals surface area contributed by atoms with Gasteiger partial charge in [-0.15, -0.1) is 16.8 Å². The minimum atomic E-state index is -0.323. The van der Waals surface area contributed by atoms with E-state index >= 15 is 0 Å². The summed E-state index contributed by atoms with van der Waals surface area (Å²) in [6.07, 6.45) is 1.43. The Morgan fingerprint density at radius 3 is 2.73 bits per heavy atom. The molecule has 9 heteroatoms. The highest BCUT2D eigenvalue weighted by Crippen LogP contribution is 2.27. The van der Waals surface area contributed by atoms with Crippen LogP contribution in [0.25, 0.3) is 0 Å². The number of benzene rings is 2. The fourth-order valence-corrected chi connectivity index (χ4v) is 3.88. The second kappa shape index (κ2) is 10.5. The van der Waals surface area contributed by atoms with Crippen molar-refractivity contribution >= 4 is 46.6 Å². The first-order chi connectivity index (χ1) is 14.5. The SMILES string of the molecule is C=CCn1c(SCC(=O)Nc2ccc(Cl)cc2Cl)nnc1C(C)Oc1ccccc1. The van der Waals surface area contributed by atoms with Gasteiger partial charge in [0.15, 0.2) is 17.1 Å². The molecular weight excluding hydrogens is 443 g/mol. The van der Waals surface area contributed by atoms with Crippen LogP contribution >= 0.6 is 35.0 Å². The predicted octanol–water partition coefficient (Wildman–Crippen LogP) is 5.64. The van der Waals surface area contributed by atoms with Crippen LogP contribution in [0, 0.1) is 0 Å². The molecule has 6 nitrogen and oxygen atoms in total. The van der Waals surface area contributed by atoms with E-state index in [1.807, 2.05) is 41.8 Å². The molecule has 1 amide bonds. The molecule has 0 aliphatic carbocycles. The van der Waals surface area contributed by atoms with Crippen LogP contribution < -0.4 is 10.1 Å². The second-order valence-corrected chi connectivity index (χ2v) is 8.06. The van der Waals surface area contributed by atoms with Crippen molar-refractivity contribution in [3.05, 3.63) is 77.1 Å². The summed E-state index contributed by atoms with van der Waals surface area (Å²) in [5.74, 6) is 1.32. The highest BCUT2D eigenvalue weighted by Gasteiger charge is 2.20. The van der Waals surface area contributed by atoms with E-state index in [1.165, 1.54) is 11.8 Å². The molecule has 156 valence electrons. The number of nitrogens with one attached hydrogen (secondary N) is 1. The maximum absolute atomic E-state index is 12.3. The molecule has 3 rings (SSSR count). The van der Waals surface area contributed by atoms with Crippen LogP contribution in [0.2, 0.25) is 10.0 Å². The van der Waals surface area contributed by atoms with Crippen molar-refractivity contribution < 1.29 is 9.53 Å². The van der Waals surface area contributed by atoms with E-state index in [-0.39, 0.29) is 17.8 Å². The van der Waals surface area contributed by atoms with Crippen LogP contribution in [0.15, 0.2) is 66.3 Å². The summed E-state index contributed by atoms with van der Waals surface area (Å²) < 4.78 is 7.84. The van der Waals surface area contributed by atoms with Crippen molar-refractivity contribution in [1.29, 1.82) is 0 Å². The van der Waals surface area contributed by atoms with Crippen molar-refractivity contribution in [2.24, 2.45) is 0 Å². The normalized spacial score (nSPS) is 11.7. The highest BCUT2D eigenvalue weighted by atomic mass is 35.5. The van der Waals surface area contributed by atoms with E-state index in [0.29, 0.717) is 33.3 Å². The molecule has 0 aliphatic rings. The number of para-hydroxylation sites is 1. The number of rotatable bonds is 9. The average Bonchev–Trinajstić information content (AvgIpc) is 3.12. The van der Waals surface area contributed by atoms with Crippen LogP contribution in [0.4, 0.5) is 5.69 Å². The molecule has 1 heterocycles. The zero-order valence-corrected chi connectivity index (χ0v) is 18.5. The zero-order valence-electron chi connectivity index (χ0n) is 16.2. The summed E-state index contributed by atoms with van der Waals surface area (Å²) in [6.45, 7) is 6.20. The summed E-state index contributed by atoms with van der Waals surface area (Å²) >= 11 is 13.3. The lowest BCUT2D eigenvalue weighted by molar-refractivity contribution is -0.113. The third-order valence-corrected chi connectivity index (χ3v) is 5.53. The molecule has 3 aromatic rings. The number of carbonyl (C=O) groups excluding carboxylic acids is 1. The van der Waals surface area contributed by atoms with Gasteiger partial charge in [-0.2, -0.15) is 0 Å². The molecule has 0 fully saturated rings. The van der Waals surface area contributed by atoms with E-state index in [0.717, 1.165) is 5.75 Å². The van der Waals surface area contributed by atoms with E-state index in [4.69, 9.17) is 27.9 Å². The Kier molecular flexibility index (Phi) is 7.79. The molecule has 0 aliphatic heterocycles. The number of amides is 1. The molecule has 1 atom stereocenters. The highest BCUT2D eigenvalue weighted by molar-refractivity contribution is 7.99. The molecule has 1 N–H and O–H groups in total. The van der Waals surface area contributed by atoms with E-state index in [1.54, 1.807) is 24.3 Å². The van der Waals surface area contributed by atoms with Gasteiger partial charge in [0.05, 0.1) is 16.5 Å². The van der Waals surface area contributed by atoms with Gasteiger partial charge in [0.2, 0.25) is 5.91 Å². The van der Waals surface area contributed by atoms with Crippen molar-refractivity contribution in [1.82, 2.24) is 14.8 Å². The number of anilines is 1. The first-order valence-corrected chi connectivity index (χ1v) is 10.9. The van der Waals surface area contributed by atoms with Gasteiger partial charge < -0.3 is 10.1 Å². The Labute approximate surface area is 189 Å². The standard InChI is InChI=1S/C21H20Cl2N4O2S/c1-3-11-27-20(14(2)29-16-7-5-4-6-8-16)25-26-21(27)30-13-19(28)24-18-10-9-15(22)12-17(18)23/h3-10,12,14H,1,11,13H2,2H3,(H,24,28). The Morgan fingerprint density at radius 1 is 1.27 bits per heavy atom. The third-order valence-electron chi connectivity index (χ3n) is 4.01. The number of nitrogens with zero attached hydrogens (tertiary/aromatic N) is 3. The van der Waals surface area contributed by atoms with Crippen LogP contribution in [0.5, 0.6) is 5.75 Å². The monoisotopic (exact) mass is 462 g/mol. The zero-order chi connectivity index (χ0) is 21.5. The lowest BCUT2D eigenvalue weighted by atomic mass is 10.3. The van der Waals surface area contributed by atoms with Crippen LogP contribution in [0.3, 0.4) is 0 Å². The number of halogens is 2. The molecule has 0 bridgehead atoms. The fourth-order valence-electron chi connectivity index (χ4n) is 2.67. The number of aromatic nitrogens is 3. The Bertz CT molecular complexity index is 1030. The molecule has 2 aromatic carbocycles. The molecule has 0 saturated carbocycles. The summed E-state index contributed by atoms with van der Waals surface area (Å²) in [5.41, 5.74) is 0.504. The summed E-state index contributed by atoms with van der Waals surface area (Å²) in [6, 6.07) is 14.4. The quantitative estimate of drug-likeness (QED) is 0.329. The Morgan fingerprint density at radius 2 is 2.03 bits per heavy atom. The van der Waals surface area contributed by atoms with Gasteiger partial charge in [-0.25, -0.2) is 0 Å². The average molecular weight is 463 g/mol. The summed E-state index contributed by atoms with van der Waals surface area (Å²) in [5, 5.41) is 12.8. The van der Waals surface area contributed by atoms with Crippen LogP contribution in [0.1, 0.15) is 18.9 Å². The molecular formula is C21H20Cl2N4O2S. The lowest BCUT2D eigenvalue weighted by Crippen LogP contribution is -2.15. The van der Waals surface area contributed by atoms with Crippen molar-refractivity contribution in [3.8, 4) is 5.75 Å². The van der Waals surface area contributed by atoms with Gasteiger partial charge in [0, 0.05) is 11.6 Å². The van der Waals surface area contributed by atoms with E-state index in [9.17, 15) is 4.79 Å². The molecule has 1 unspecified atom stereocenters. The van der Waals surface area contributed by atoms with Crippen molar-refractivity contribution in [2.75, 3.05) is 11.1 Å². The molecule has 0 saturated heterocycles. The number of ether oxygens (including phenoxy) is 1. The number of allylic oxidation sites excluding steroid dienone is 1. The Hall–Kier alpha value is -2.48. The largest absolute Gasteiger partial charge is 0.483 e. The first kappa shape index (κ1) is 22.2. The Balaban J connectivity index is 1.67. The minimum absolute atomic E-state index is 0.141. The molecule has 0 radical (unpaired) electrons. The van der Waals surface area contributed by atoms with Crippen LogP contribution in [-0.4, -0.2) is 26.4 Å². The number of hydrogen-bond acceptors (Lipinski definition) is 5. The fraction of sp³-hybridized carbons (Fsp3) is 0.190. The smallest absolute Gasteiger partial charge is 0.234 e. The predicted molar refractivity (Wildman–Crippen MR) is 122 cm³/mol. The topological polar surface area (TPSA) is 69.0 Å². The van der Waals surface area contributed by atoms with Gasteiger partial charge in [-0.3, -0.25) is 9.36 Å². The second-order valence-electron chi connectivity index (χ2n) is 6.27. The van der Waals surface area contributed by atoms with E-state index in [2.05, 4.69) is 22.1 Å². The van der Waals surface area contributed by atoms with Gasteiger partial charge in [-0.1, -0.05) is 59.2 Å². The van der Waals surface area contributed by atoms with Gasteiger partial charge in [0.1, 0.15) is 5.75 Å². The van der Waals surface area contributed by atoms with Crippen LogP contribution in [-0.2, 0) is 11.3 Å².